The smallest absolute Gasteiger partial charge is 0.236 e. The van der Waals surface area contributed by atoms with Gasteiger partial charge in [0.05, 0.1) is 12.0 Å². The molecule has 0 bridgehead atoms. The molecule has 2 fully saturated rings. The standard InChI is InChI=1S/C10H17N3O2/c11-8(14)5-13-9(15)10-3-1-2-7(10)4-12-6-10/h7,12H,1-6H2,(H2,11,14)(H,13,15)/t7-,10-/m1/s1. The van der Waals surface area contributed by atoms with Crippen molar-refractivity contribution in [3.8, 4) is 0 Å². The molecule has 5 heteroatoms. The predicted octanol–water partition coefficient (Wildman–Crippen LogP) is -1.02. The van der Waals surface area contributed by atoms with Crippen LogP contribution in [0.4, 0.5) is 0 Å². The summed E-state index contributed by atoms with van der Waals surface area (Å²) in [6.45, 7) is 1.61. The normalized spacial score (nSPS) is 33.7. The molecule has 0 radical (unpaired) electrons. The van der Waals surface area contributed by atoms with Crippen molar-refractivity contribution in [1.82, 2.24) is 10.6 Å². The summed E-state index contributed by atoms with van der Waals surface area (Å²) in [5, 5.41) is 5.89. The molecule has 2 aliphatic rings. The van der Waals surface area contributed by atoms with Crippen LogP contribution >= 0.6 is 0 Å². The van der Waals surface area contributed by atoms with Crippen LogP contribution in [0.3, 0.4) is 0 Å². The van der Waals surface area contributed by atoms with E-state index in [-0.39, 0.29) is 17.9 Å². The van der Waals surface area contributed by atoms with E-state index in [1.54, 1.807) is 0 Å². The Hall–Kier alpha value is -1.10. The van der Waals surface area contributed by atoms with E-state index >= 15 is 0 Å². The summed E-state index contributed by atoms with van der Waals surface area (Å²) in [6, 6.07) is 0. The first kappa shape index (κ1) is 10.4. The van der Waals surface area contributed by atoms with Gasteiger partial charge in [0.25, 0.3) is 0 Å². The summed E-state index contributed by atoms with van der Waals surface area (Å²) in [5.74, 6) is -0.0561. The Bertz CT molecular complexity index is 280. The summed E-state index contributed by atoms with van der Waals surface area (Å²) in [6.07, 6.45) is 3.14. The van der Waals surface area contributed by atoms with Crippen LogP contribution in [0, 0.1) is 11.3 Å². The van der Waals surface area contributed by atoms with Gasteiger partial charge >= 0.3 is 0 Å². The van der Waals surface area contributed by atoms with Crippen LogP contribution in [0.15, 0.2) is 0 Å². The maximum Gasteiger partial charge on any atom is 0.236 e. The van der Waals surface area contributed by atoms with Gasteiger partial charge in [-0.3, -0.25) is 9.59 Å². The average Bonchev–Trinajstić information content (AvgIpc) is 2.72. The third-order valence-corrected chi connectivity index (χ3v) is 3.66. The molecule has 2 atom stereocenters. The Morgan fingerprint density at radius 3 is 3.07 bits per heavy atom. The van der Waals surface area contributed by atoms with Crippen LogP contribution in [0.25, 0.3) is 0 Å². The van der Waals surface area contributed by atoms with Crippen LogP contribution < -0.4 is 16.4 Å². The van der Waals surface area contributed by atoms with Gasteiger partial charge in [-0.15, -0.1) is 0 Å². The largest absolute Gasteiger partial charge is 0.368 e. The van der Waals surface area contributed by atoms with E-state index in [2.05, 4.69) is 10.6 Å². The van der Waals surface area contributed by atoms with E-state index in [4.69, 9.17) is 5.73 Å². The number of hydrogen-bond acceptors (Lipinski definition) is 3. The minimum absolute atomic E-state index is 0.00574. The predicted molar refractivity (Wildman–Crippen MR) is 54.8 cm³/mol. The van der Waals surface area contributed by atoms with Gasteiger partial charge in [0.1, 0.15) is 0 Å². The molecule has 1 saturated heterocycles. The van der Waals surface area contributed by atoms with Crippen molar-refractivity contribution in [2.45, 2.75) is 19.3 Å². The second-order valence-corrected chi connectivity index (χ2v) is 4.53. The Morgan fingerprint density at radius 1 is 1.53 bits per heavy atom. The molecular weight excluding hydrogens is 194 g/mol. The highest BCUT2D eigenvalue weighted by atomic mass is 16.2. The lowest BCUT2D eigenvalue weighted by atomic mass is 9.80. The molecule has 0 spiro atoms. The fourth-order valence-corrected chi connectivity index (χ4v) is 2.87. The number of fused-ring (bicyclic) bond motifs is 1. The lowest BCUT2D eigenvalue weighted by Crippen LogP contribution is -2.46. The van der Waals surface area contributed by atoms with E-state index in [9.17, 15) is 9.59 Å². The number of nitrogens with two attached hydrogens (primary N) is 1. The minimum atomic E-state index is -0.486. The number of primary amides is 1. The highest BCUT2D eigenvalue weighted by Gasteiger charge is 2.51. The molecule has 1 saturated carbocycles. The molecule has 0 aromatic carbocycles. The number of hydrogen-bond donors (Lipinski definition) is 3. The van der Waals surface area contributed by atoms with Crippen LogP contribution in [-0.4, -0.2) is 31.4 Å². The van der Waals surface area contributed by atoms with Crippen molar-refractivity contribution in [1.29, 1.82) is 0 Å². The van der Waals surface area contributed by atoms with Gasteiger partial charge in [-0.25, -0.2) is 0 Å². The third-order valence-electron chi connectivity index (χ3n) is 3.66. The van der Waals surface area contributed by atoms with Gasteiger partial charge in [-0.2, -0.15) is 0 Å². The first-order valence-electron chi connectivity index (χ1n) is 5.42. The Balaban J connectivity index is 2.01. The van der Waals surface area contributed by atoms with Crippen molar-refractivity contribution < 1.29 is 9.59 Å². The second-order valence-electron chi connectivity index (χ2n) is 4.53. The van der Waals surface area contributed by atoms with Gasteiger partial charge in [-0.1, -0.05) is 6.42 Å². The zero-order valence-electron chi connectivity index (χ0n) is 8.71. The van der Waals surface area contributed by atoms with E-state index in [0.29, 0.717) is 5.92 Å². The van der Waals surface area contributed by atoms with Crippen LogP contribution in [-0.2, 0) is 9.59 Å². The summed E-state index contributed by atoms with van der Waals surface area (Å²) in [7, 11) is 0. The highest BCUT2D eigenvalue weighted by Crippen LogP contribution is 2.45. The van der Waals surface area contributed by atoms with Gasteiger partial charge in [0.15, 0.2) is 0 Å². The lowest BCUT2D eigenvalue weighted by Gasteiger charge is -2.26. The number of carbonyl (C=O) groups is 2. The van der Waals surface area contributed by atoms with E-state index in [1.807, 2.05) is 0 Å². The number of rotatable bonds is 3. The zero-order chi connectivity index (χ0) is 10.9. The van der Waals surface area contributed by atoms with E-state index in [0.717, 1.165) is 32.4 Å². The lowest BCUT2D eigenvalue weighted by molar-refractivity contribution is -0.133. The molecule has 15 heavy (non-hydrogen) atoms. The molecule has 1 aliphatic carbocycles. The fourth-order valence-electron chi connectivity index (χ4n) is 2.87. The summed E-state index contributed by atoms with van der Waals surface area (Å²) in [5.41, 5.74) is 4.74. The molecule has 2 rings (SSSR count). The first-order chi connectivity index (χ1) is 7.15. The van der Waals surface area contributed by atoms with Gasteiger partial charge in [0, 0.05) is 6.54 Å². The first-order valence-corrected chi connectivity index (χ1v) is 5.42. The molecule has 0 aromatic heterocycles. The van der Waals surface area contributed by atoms with Crippen molar-refractivity contribution >= 4 is 11.8 Å². The molecule has 4 N–H and O–H groups in total. The molecule has 1 heterocycles. The van der Waals surface area contributed by atoms with Crippen molar-refractivity contribution in [2.75, 3.05) is 19.6 Å². The molecule has 5 nitrogen and oxygen atoms in total. The summed E-state index contributed by atoms with van der Waals surface area (Å²) >= 11 is 0. The topological polar surface area (TPSA) is 84.2 Å². The van der Waals surface area contributed by atoms with Gasteiger partial charge in [0.2, 0.25) is 11.8 Å². The summed E-state index contributed by atoms with van der Waals surface area (Å²) < 4.78 is 0. The molecule has 84 valence electrons. The Labute approximate surface area is 88.8 Å². The quantitative estimate of drug-likeness (QED) is 0.558. The molecule has 1 aliphatic heterocycles. The minimum Gasteiger partial charge on any atom is -0.368 e. The van der Waals surface area contributed by atoms with E-state index in [1.165, 1.54) is 0 Å². The monoisotopic (exact) mass is 211 g/mol. The molecule has 0 aromatic rings. The number of nitrogens with one attached hydrogen (secondary N) is 2. The molecular formula is C10H17N3O2. The van der Waals surface area contributed by atoms with Crippen LogP contribution in [0.1, 0.15) is 19.3 Å². The third kappa shape index (κ3) is 1.71. The van der Waals surface area contributed by atoms with Gasteiger partial charge in [-0.05, 0) is 25.3 Å². The van der Waals surface area contributed by atoms with Gasteiger partial charge < -0.3 is 16.4 Å². The Kier molecular flexibility index (Phi) is 2.65. The zero-order valence-corrected chi connectivity index (χ0v) is 8.71. The molecule has 0 unspecified atom stereocenters. The van der Waals surface area contributed by atoms with E-state index < -0.39 is 5.91 Å². The highest BCUT2D eigenvalue weighted by molar-refractivity contribution is 5.88. The fraction of sp³-hybridized carbons (Fsp3) is 0.800. The SMILES string of the molecule is NC(=O)CNC(=O)[C@@]12CCC[C@@H]1CNC2. The van der Waals surface area contributed by atoms with Crippen LogP contribution in [0.5, 0.6) is 0 Å². The van der Waals surface area contributed by atoms with Crippen LogP contribution in [0.2, 0.25) is 0 Å². The maximum absolute atomic E-state index is 12.0. The maximum atomic E-state index is 12.0. The average molecular weight is 211 g/mol. The summed E-state index contributed by atoms with van der Waals surface area (Å²) in [4.78, 5) is 22.6. The second kappa shape index (κ2) is 3.81. The van der Waals surface area contributed by atoms with Crippen molar-refractivity contribution in [3.05, 3.63) is 0 Å². The number of amides is 2. The number of carbonyl (C=O) groups excluding carboxylic acids is 2. The van der Waals surface area contributed by atoms with Crippen molar-refractivity contribution in [2.24, 2.45) is 17.1 Å². The Morgan fingerprint density at radius 2 is 2.33 bits per heavy atom. The van der Waals surface area contributed by atoms with Crippen molar-refractivity contribution in [3.63, 3.8) is 0 Å². The molecule has 2 amide bonds.